The van der Waals surface area contributed by atoms with Gasteiger partial charge in [-0.05, 0) is 66.3 Å². The lowest BCUT2D eigenvalue weighted by atomic mass is 9.89. The van der Waals surface area contributed by atoms with Crippen LogP contribution >= 0.6 is 11.6 Å². The van der Waals surface area contributed by atoms with E-state index in [0.717, 1.165) is 60.2 Å². The summed E-state index contributed by atoms with van der Waals surface area (Å²) in [6.07, 6.45) is 9.15. The maximum absolute atomic E-state index is 6.34. The number of hydrogen-bond acceptors (Lipinski definition) is 4. The Bertz CT molecular complexity index is 1320. The number of hydrogen-bond donors (Lipinski definition) is 0. The Hall–Kier alpha value is -3.31. The second-order valence-electron chi connectivity index (χ2n) is 8.05. The third-order valence-corrected chi connectivity index (χ3v) is 6.47. The summed E-state index contributed by atoms with van der Waals surface area (Å²) in [5.74, 6) is 1.88. The third kappa shape index (κ3) is 3.17. The van der Waals surface area contributed by atoms with Crippen LogP contribution in [0.15, 0.2) is 66.6 Å². The molecule has 4 heterocycles. The molecule has 1 aliphatic heterocycles. The molecule has 31 heavy (non-hydrogen) atoms. The summed E-state index contributed by atoms with van der Waals surface area (Å²) >= 11 is 6.34. The molecule has 5 nitrogen and oxygen atoms in total. The lowest BCUT2D eigenvalue weighted by molar-refractivity contribution is 0.609. The Labute approximate surface area is 185 Å². The highest BCUT2D eigenvalue weighted by Crippen LogP contribution is 2.39. The largest absolute Gasteiger partial charge is 0.310 e. The SMILES string of the molecule is Clc1ccc2c(c1)CCc1cccnc1/C2=C1\CCn2c(nnc2-c2cccnc2)C1. The van der Waals surface area contributed by atoms with Gasteiger partial charge in [-0.15, -0.1) is 10.2 Å². The number of halogens is 1. The fraction of sp³-hybridized carbons (Fsp3) is 0.200. The van der Waals surface area contributed by atoms with Gasteiger partial charge >= 0.3 is 0 Å². The van der Waals surface area contributed by atoms with E-state index in [1.54, 1.807) is 6.20 Å². The number of nitrogens with zero attached hydrogens (tertiary/aromatic N) is 5. The van der Waals surface area contributed by atoms with E-state index in [1.807, 2.05) is 36.7 Å². The summed E-state index contributed by atoms with van der Waals surface area (Å²) in [6, 6.07) is 14.4. The molecule has 1 aromatic carbocycles. The topological polar surface area (TPSA) is 56.5 Å². The molecule has 6 heteroatoms. The third-order valence-electron chi connectivity index (χ3n) is 6.24. The molecule has 0 radical (unpaired) electrons. The van der Waals surface area contributed by atoms with E-state index in [2.05, 4.69) is 37.9 Å². The maximum Gasteiger partial charge on any atom is 0.165 e. The lowest BCUT2D eigenvalue weighted by Crippen LogP contribution is -2.16. The minimum absolute atomic E-state index is 0.765. The van der Waals surface area contributed by atoms with Crippen LogP contribution in [0.5, 0.6) is 0 Å². The monoisotopic (exact) mass is 425 g/mol. The fourth-order valence-electron chi connectivity index (χ4n) is 4.78. The second-order valence-corrected chi connectivity index (χ2v) is 8.49. The number of fused-ring (bicyclic) bond motifs is 3. The van der Waals surface area contributed by atoms with Gasteiger partial charge in [0.1, 0.15) is 5.82 Å². The minimum atomic E-state index is 0.765. The molecule has 0 unspecified atom stereocenters. The van der Waals surface area contributed by atoms with Crippen LogP contribution < -0.4 is 0 Å². The molecular weight excluding hydrogens is 406 g/mol. The zero-order chi connectivity index (χ0) is 20.8. The summed E-state index contributed by atoms with van der Waals surface area (Å²) in [7, 11) is 0. The molecule has 2 aliphatic rings. The van der Waals surface area contributed by atoms with Crippen molar-refractivity contribution in [1.29, 1.82) is 0 Å². The summed E-state index contributed by atoms with van der Waals surface area (Å²) in [6.45, 7) is 0.844. The molecule has 3 aromatic heterocycles. The van der Waals surface area contributed by atoms with Gasteiger partial charge in [0.2, 0.25) is 0 Å². The average Bonchev–Trinajstić information content (AvgIpc) is 3.16. The van der Waals surface area contributed by atoms with Crippen LogP contribution in [0, 0.1) is 0 Å². The Kier molecular flexibility index (Phi) is 4.42. The van der Waals surface area contributed by atoms with Crippen LogP contribution in [0.1, 0.15) is 34.6 Å². The maximum atomic E-state index is 6.34. The number of aromatic nitrogens is 5. The Balaban J connectivity index is 1.50. The van der Waals surface area contributed by atoms with Gasteiger partial charge < -0.3 is 4.57 Å². The molecule has 0 atom stereocenters. The normalized spacial score (nSPS) is 17.5. The molecule has 0 amide bonds. The first-order valence-electron chi connectivity index (χ1n) is 10.6. The quantitative estimate of drug-likeness (QED) is 0.433. The summed E-state index contributed by atoms with van der Waals surface area (Å²) in [5, 5.41) is 9.80. The van der Waals surface area contributed by atoms with Crippen molar-refractivity contribution in [2.24, 2.45) is 0 Å². The van der Waals surface area contributed by atoms with Crippen molar-refractivity contribution in [3.8, 4) is 11.4 Å². The van der Waals surface area contributed by atoms with Gasteiger partial charge in [0, 0.05) is 47.7 Å². The molecule has 0 saturated heterocycles. The minimum Gasteiger partial charge on any atom is -0.310 e. The van der Waals surface area contributed by atoms with Gasteiger partial charge in [-0.25, -0.2) is 0 Å². The van der Waals surface area contributed by atoms with Gasteiger partial charge in [0.25, 0.3) is 0 Å². The molecular formula is C25H20ClN5. The molecule has 0 bridgehead atoms. The van der Waals surface area contributed by atoms with Gasteiger partial charge in [-0.1, -0.05) is 29.3 Å². The van der Waals surface area contributed by atoms with E-state index in [1.165, 1.54) is 27.8 Å². The average molecular weight is 426 g/mol. The van der Waals surface area contributed by atoms with Crippen LogP contribution in [-0.2, 0) is 25.8 Å². The van der Waals surface area contributed by atoms with Crippen molar-refractivity contribution in [1.82, 2.24) is 24.7 Å². The van der Waals surface area contributed by atoms with Crippen LogP contribution in [-0.4, -0.2) is 24.7 Å². The van der Waals surface area contributed by atoms with Gasteiger partial charge in [-0.2, -0.15) is 0 Å². The van der Waals surface area contributed by atoms with Crippen LogP contribution in [0.2, 0.25) is 5.02 Å². The number of rotatable bonds is 1. The summed E-state index contributed by atoms with van der Waals surface area (Å²) in [4.78, 5) is 9.06. The van der Waals surface area contributed by atoms with E-state index >= 15 is 0 Å². The predicted octanol–water partition coefficient (Wildman–Crippen LogP) is 4.94. The van der Waals surface area contributed by atoms with Gasteiger partial charge in [0.05, 0.1) is 5.69 Å². The molecule has 0 fully saturated rings. The zero-order valence-corrected chi connectivity index (χ0v) is 17.7. The molecule has 0 N–H and O–H groups in total. The number of benzene rings is 1. The lowest BCUT2D eigenvalue weighted by Gasteiger charge is -2.23. The second kappa shape index (κ2) is 7.43. The standard InChI is InChI=1S/C25H20ClN5/c26-20-7-8-21-17(13-20)6-5-16-3-2-11-28-24(16)23(21)18-9-12-31-22(14-18)29-30-25(31)19-4-1-10-27-15-19/h1-4,7-8,10-11,13,15H,5-6,9,12,14H2/b23-18+. The molecule has 1 aliphatic carbocycles. The highest BCUT2D eigenvalue weighted by atomic mass is 35.5. The molecule has 4 aromatic rings. The van der Waals surface area contributed by atoms with E-state index in [-0.39, 0.29) is 0 Å². The van der Waals surface area contributed by atoms with Gasteiger partial charge in [-0.3, -0.25) is 9.97 Å². The molecule has 6 rings (SSSR count). The van der Waals surface area contributed by atoms with Crippen molar-refractivity contribution in [2.45, 2.75) is 32.2 Å². The van der Waals surface area contributed by atoms with Crippen molar-refractivity contribution >= 4 is 17.2 Å². The van der Waals surface area contributed by atoms with Crippen LogP contribution in [0.25, 0.3) is 17.0 Å². The van der Waals surface area contributed by atoms with Crippen molar-refractivity contribution < 1.29 is 0 Å². The smallest absolute Gasteiger partial charge is 0.165 e. The molecule has 0 spiro atoms. The number of allylic oxidation sites excluding steroid dienone is 1. The van der Waals surface area contributed by atoms with Crippen LogP contribution in [0.3, 0.4) is 0 Å². The van der Waals surface area contributed by atoms with Crippen molar-refractivity contribution in [3.05, 3.63) is 99.9 Å². The summed E-state index contributed by atoms with van der Waals surface area (Å²) in [5.41, 5.74) is 8.53. The van der Waals surface area contributed by atoms with E-state index in [4.69, 9.17) is 16.6 Å². The number of aryl methyl sites for hydroxylation is 2. The van der Waals surface area contributed by atoms with Crippen molar-refractivity contribution in [2.75, 3.05) is 0 Å². The molecule has 152 valence electrons. The Morgan fingerprint density at radius 3 is 2.71 bits per heavy atom. The number of pyridine rings is 2. The van der Waals surface area contributed by atoms with Crippen molar-refractivity contribution in [3.63, 3.8) is 0 Å². The highest BCUT2D eigenvalue weighted by Gasteiger charge is 2.27. The predicted molar refractivity (Wildman–Crippen MR) is 121 cm³/mol. The summed E-state index contributed by atoms with van der Waals surface area (Å²) < 4.78 is 2.22. The zero-order valence-electron chi connectivity index (χ0n) is 16.9. The first kappa shape index (κ1) is 18.5. The van der Waals surface area contributed by atoms with E-state index in [0.29, 0.717) is 0 Å². The Morgan fingerprint density at radius 1 is 0.903 bits per heavy atom. The van der Waals surface area contributed by atoms with Gasteiger partial charge in [0.15, 0.2) is 5.82 Å². The first-order valence-corrected chi connectivity index (χ1v) is 10.9. The first-order chi connectivity index (χ1) is 15.3. The highest BCUT2D eigenvalue weighted by molar-refractivity contribution is 6.30. The van der Waals surface area contributed by atoms with E-state index < -0.39 is 0 Å². The van der Waals surface area contributed by atoms with Crippen LogP contribution in [0.4, 0.5) is 0 Å². The molecule has 0 saturated carbocycles. The Morgan fingerprint density at radius 2 is 1.81 bits per heavy atom. The fourth-order valence-corrected chi connectivity index (χ4v) is 4.98. The van der Waals surface area contributed by atoms with E-state index in [9.17, 15) is 0 Å².